The Bertz CT molecular complexity index is 162. The van der Waals surface area contributed by atoms with Gasteiger partial charge >= 0.3 is 7.82 Å². The van der Waals surface area contributed by atoms with Crippen molar-refractivity contribution in [2.45, 2.75) is 12.5 Å². The van der Waals surface area contributed by atoms with Gasteiger partial charge in [-0.2, -0.15) is 0 Å². The van der Waals surface area contributed by atoms with Gasteiger partial charge < -0.3 is 19.7 Å². The fourth-order valence-electron chi connectivity index (χ4n) is 0.360. The molecule has 0 saturated carbocycles. The predicted octanol–water partition coefficient (Wildman–Crippen LogP) is -0.954. The normalized spacial score (nSPS) is 14.5. The van der Waals surface area contributed by atoms with Gasteiger partial charge in [-0.05, 0) is 0 Å². The number of phosphoric acid groups is 1. The Morgan fingerprint density at radius 3 is 2.45 bits per heavy atom. The first-order valence-corrected chi connectivity index (χ1v) is 4.32. The number of hydrogen-bond acceptors (Lipinski definition) is 4. The molecule has 0 amide bonds. The number of phosphoric ester groups is 1. The van der Waals surface area contributed by atoms with Gasteiger partial charge in [0.1, 0.15) is 12.4 Å². The summed E-state index contributed by atoms with van der Waals surface area (Å²) in [5.41, 5.74) is 0. The molecule has 0 fully saturated rings. The topological polar surface area (TPSA) is 104 Å². The van der Waals surface area contributed by atoms with Gasteiger partial charge in [0.2, 0.25) is 0 Å². The van der Waals surface area contributed by atoms with Gasteiger partial charge in [-0.3, -0.25) is 4.52 Å². The highest BCUT2D eigenvalue weighted by molar-refractivity contribution is 7.46. The smallest absolute Gasteiger partial charge is 0.386 e. The summed E-state index contributed by atoms with van der Waals surface area (Å²) in [5, 5.41) is 8.55. The van der Waals surface area contributed by atoms with E-state index in [9.17, 15) is 9.36 Å². The van der Waals surface area contributed by atoms with Crippen molar-refractivity contribution in [1.29, 1.82) is 0 Å². The minimum Gasteiger partial charge on any atom is -0.386 e. The molecule has 0 aliphatic heterocycles. The van der Waals surface area contributed by atoms with Crippen LogP contribution in [-0.2, 0) is 13.9 Å². The molecule has 0 spiro atoms. The van der Waals surface area contributed by atoms with Crippen LogP contribution in [0.5, 0.6) is 0 Å². The largest absolute Gasteiger partial charge is 0.469 e. The van der Waals surface area contributed by atoms with E-state index in [-0.39, 0.29) is 19.3 Å². The summed E-state index contributed by atoms with van der Waals surface area (Å²) in [5.74, 6) is 0. The average molecular weight is 184 g/mol. The van der Waals surface area contributed by atoms with Crippen LogP contribution in [0.4, 0.5) is 0 Å². The molecule has 0 bridgehead atoms. The second-order valence-electron chi connectivity index (χ2n) is 1.82. The van der Waals surface area contributed by atoms with E-state index in [2.05, 4.69) is 4.52 Å². The summed E-state index contributed by atoms with van der Waals surface area (Å²) in [4.78, 5) is 26.0. The van der Waals surface area contributed by atoms with Crippen molar-refractivity contribution in [2.24, 2.45) is 0 Å². The molecular weight excluding hydrogens is 175 g/mol. The van der Waals surface area contributed by atoms with Crippen LogP contribution in [0.25, 0.3) is 0 Å². The molecule has 66 valence electrons. The van der Waals surface area contributed by atoms with Crippen LogP contribution in [-0.4, -0.2) is 33.9 Å². The molecule has 0 saturated heterocycles. The van der Waals surface area contributed by atoms with E-state index in [1.165, 1.54) is 0 Å². The van der Waals surface area contributed by atoms with Crippen LogP contribution in [0.15, 0.2) is 0 Å². The lowest BCUT2D eigenvalue weighted by Crippen LogP contribution is -2.10. The van der Waals surface area contributed by atoms with Crippen molar-refractivity contribution in [1.82, 2.24) is 0 Å². The van der Waals surface area contributed by atoms with Crippen LogP contribution in [0, 0.1) is 0 Å². The van der Waals surface area contributed by atoms with E-state index in [0.29, 0.717) is 0 Å². The third-order valence-corrected chi connectivity index (χ3v) is 1.35. The maximum atomic E-state index is 10.0. The van der Waals surface area contributed by atoms with Crippen molar-refractivity contribution >= 4 is 14.1 Å². The van der Waals surface area contributed by atoms with Gasteiger partial charge in [-0.25, -0.2) is 4.57 Å². The van der Waals surface area contributed by atoms with Gasteiger partial charge in [-0.15, -0.1) is 0 Å². The van der Waals surface area contributed by atoms with Crippen molar-refractivity contribution in [3.05, 3.63) is 0 Å². The number of rotatable bonds is 5. The van der Waals surface area contributed by atoms with E-state index in [1.807, 2.05) is 0 Å². The minimum atomic E-state index is -4.46. The highest BCUT2D eigenvalue weighted by atomic mass is 31.2. The second kappa shape index (κ2) is 4.58. The van der Waals surface area contributed by atoms with E-state index in [1.54, 1.807) is 0 Å². The van der Waals surface area contributed by atoms with Gasteiger partial charge in [0.25, 0.3) is 0 Å². The van der Waals surface area contributed by atoms with Crippen LogP contribution in [0.3, 0.4) is 0 Å². The standard InChI is InChI=1S/C4H9O6P/c5-3-4(6)1-2-10-11(7,8)9/h3-4,6H,1-2H2,(H2,7,8,9). The molecule has 0 aliphatic carbocycles. The number of carbonyl (C=O) groups excluding carboxylic acids is 1. The molecule has 0 heterocycles. The molecule has 0 aromatic rings. The molecule has 1 atom stereocenters. The lowest BCUT2D eigenvalue weighted by molar-refractivity contribution is -0.115. The Morgan fingerprint density at radius 2 is 2.09 bits per heavy atom. The second-order valence-corrected chi connectivity index (χ2v) is 3.06. The molecule has 0 radical (unpaired) electrons. The van der Waals surface area contributed by atoms with Crippen LogP contribution in [0.1, 0.15) is 6.42 Å². The SMILES string of the molecule is O=CC(O)CCOP(=O)(O)O. The Hall–Kier alpha value is -0.260. The zero-order chi connectivity index (χ0) is 8.91. The lowest BCUT2D eigenvalue weighted by Gasteiger charge is -2.05. The summed E-state index contributed by atoms with van der Waals surface area (Å²) in [6.07, 6.45) is -1.07. The van der Waals surface area contributed by atoms with Gasteiger partial charge in [0.05, 0.1) is 6.61 Å². The maximum Gasteiger partial charge on any atom is 0.469 e. The molecule has 7 heteroatoms. The lowest BCUT2D eigenvalue weighted by atomic mass is 10.3. The molecule has 1 unspecified atom stereocenters. The number of aldehydes is 1. The first-order valence-electron chi connectivity index (χ1n) is 2.79. The van der Waals surface area contributed by atoms with Crippen LogP contribution >= 0.6 is 7.82 Å². The van der Waals surface area contributed by atoms with E-state index >= 15 is 0 Å². The number of aliphatic hydroxyl groups excluding tert-OH is 1. The zero-order valence-corrected chi connectivity index (χ0v) is 6.48. The third-order valence-electron chi connectivity index (χ3n) is 0.830. The first-order chi connectivity index (χ1) is 4.95. The molecule has 3 N–H and O–H groups in total. The Morgan fingerprint density at radius 1 is 1.55 bits per heavy atom. The predicted molar refractivity (Wildman–Crippen MR) is 34.7 cm³/mol. The molecule has 0 aliphatic rings. The van der Waals surface area contributed by atoms with Crippen LogP contribution in [0.2, 0.25) is 0 Å². The quantitative estimate of drug-likeness (QED) is 0.375. The first kappa shape index (κ1) is 10.7. The van der Waals surface area contributed by atoms with Gasteiger partial charge in [0.15, 0.2) is 0 Å². The summed E-state index contributed by atoms with van der Waals surface area (Å²) >= 11 is 0. The number of carbonyl (C=O) groups is 1. The van der Waals surface area contributed by atoms with E-state index < -0.39 is 13.9 Å². The van der Waals surface area contributed by atoms with Gasteiger partial charge in [-0.1, -0.05) is 0 Å². The van der Waals surface area contributed by atoms with E-state index in [4.69, 9.17) is 14.9 Å². The highest BCUT2D eigenvalue weighted by Gasteiger charge is 2.13. The Labute approximate surface area is 63.0 Å². The van der Waals surface area contributed by atoms with Gasteiger partial charge in [0, 0.05) is 6.42 Å². The Kier molecular flexibility index (Phi) is 4.48. The van der Waals surface area contributed by atoms with Crippen molar-refractivity contribution in [2.75, 3.05) is 6.61 Å². The van der Waals surface area contributed by atoms with E-state index in [0.717, 1.165) is 0 Å². The fourth-order valence-corrected chi connectivity index (χ4v) is 0.704. The molecular formula is C4H9O6P. The minimum absolute atomic E-state index is 0.116. The summed E-state index contributed by atoms with van der Waals surface area (Å²) in [6.45, 7) is -0.343. The van der Waals surface area contributed by atoms with Crippen molar-refractivity contribution in [3.8, 4) is 0 Å². The molecule has 0 aromatic carbocycles. The van der Waals surface area contributed by atoms with Crippen LogP contribution < -0.4 is 0 Å². The molecule has 0 rings (SSSR count). The molecule has 6 nitrogen and oxygen atoms in total. The zero-order valence-electron chi connectivity index (χ0n) is 5.58. The fraction of sp³-hybridized carbons (Fsp3) is 0.750. The number of aliphatic hydroxyl groups is 1. The van der Waals surface area contributed by atoms with Crippen molar-refractivity contribution in [3.63, 3.8) is 0 Å². The monoisotopic (exact) mass is 184 g/mol. The summed E-state index contributed by atoms with van der Waals surface area (Å²) < 4.78 is 14.0. The third kappa shape index (κ3) is 7.64. The van der Waals surface area contributed by atoms with Crippen molar-refractivity contribution < 1.29 is 28.8 Å². The molecule has 0 aromatic heterocycles. The average Bonchev–Trinajstić information content (AvgIpc) is 1.85. The Balaban J connectivity index is 3.42. The summed E-state index contributed by atoms with van der Waals surface area (Å²) in [6, 6.07) is 0. The molecule has 11 heavy (non-hydrogen) atoms. The summed E-state index contributed by atoms with van der Waals surface area (Å²) in [7, 11) is -4.46. The highest BCUT2D eigenvalue weighted by Crippen LogP contribution is 2.35. The maximum absolute atomic E-state index is 10.0. The number of hydrogen-bond donors (Lipinski definition) is 3.